The Hall–Kier alpha value is -3.15. The number of aromatic nitrogens is 3. The zero-order valence-corrected chi connectivity index (χ0v) is 15.4. The highest BCUT2D eigenvalue weighted by Crippen LogP contribution is 2.20. The SMILES string of the molecule is CCN(CC)c1ccc(Nc2nncc(Nc3ccc(C)cc3)n2)cc1. The van der Waals surface area contributed by atoms with Gasteiger partial charge in [0.05, 0.1) is 6.20 Å². The molecule has 0 aliphatic carbocycles. The third-order valence-electron chi connectivity index (χ3n) is 4.13. The second-order valence-corrected chi connectivity index (χ2v) is 6.00. The van der Waals surface area contributed by atoms with Crippen molar-refractivity contribution < 1.29 is 0 Å². The average Bonchev–Trinajstić information content (AvgIpc) is 2.66. The smallest absolute Gasteiger partial charge is 0.249 e. The summed E-state index contributed by atoms with van der Waals surface area (Å²) in [7, 11) is 0. The highest BCUT2D eigenvalue weighted by molar-refractivity contribution is 5.61. The topological polar surface area (TPSA) is 66.0 Å². The summed E-state index contributed by atoms with van der Waals surface area (Å²) < 4.78 is 0. The molecule has 1 aromatic heterocycles. The number of hydrogen-bond acceptors (Lipinski definition) is 6. The zero-order valence-electron chi connectivity index (χ0n) is 15.4. The highest BCUT2D eigenvalue weighted by atomic mass is 15.3. The molecular formula is C20H24N6. The predicted octanol–water partition coefficient (Wildman–Crippen LogP) is 4.51. The summed E-state index contributed by atoms with van der Waals surface area (Å²) >= 11 is 0. The Balaban J connectivity index is 1.69. The van der Waals surface area contributed by atoms with Gasteiger partial charge in [-0.1, -0.05) is 17.7 Å². The summed E-state index contributed by atoms with van der Waals surface area (Å²) in [6.07, 6.45) is 1.61. The standard InChI is InChI=1S/C20H24N6/c1-4-26(5-2)18-12-10-17(11-13-18)23-20-24-19(14-21-25-20)22-16-8-6-15(3)7-9-16/h6-14H,4-5H2,1-3H3,(H2,22,23,24,25). The van der Waals surface area contributed by atoms with E-state index in [0.29, 0.717) is 11.8 Å². The maximum atomic E-state index is 4.47. The molecule has 0 amide bonds. The number of rotatable bonds is 7. The molecule has 134 valence electrons. The normalized spacial score (nSPS) is 10.4. The van der Waals surface area contributed by atoms with E-state index in [1.807, 2.05) is 36.4 Å². The van der Waals surface area contributed by atoms with Crippen LogP contribution in [0.2, 0.25) is 0 Å². The van der Waals surface area contributed by atoms with Crippen LogP contribution in [0.15, 0.2) is 54.7 Å². The Morgan fingerprint density at radius 1 is 0.846 bits per heavy atom. The molecule has 0 radical (unpaired) electrons. The molecule has 0 unspecified atom stereocenters. The molecule has 3 aromatic rings. The van der Waals surface area contributed by atoms with Crippen LogP contribution in [0.4, 0.5) is 28.8 Å². The lowest BCUT2D eigenvalue weighted by atomic mass is 10.2. The number of nitrogens with zero attached hydrogens (tertiary/aromatic N) is 4. The maximum absolute atomic E-state index is 4.47. The quantitative estimate of drug-likeness (QED) is 0.655. The van der Waals surface area contributed by atoms with Crippen molar-refractivity contribution in [3.05, 3.63) is 60.3 Å². The summed E-state index contributed by atoms with van der Waals surface area (Å²) in [6, 6.07) is 16.4. The minimum absolute atomic E-state index is 0.456. The van der Waals surface area contributed by atoms with Crippen LogP contribution in [0, 0.1) is 6.92 Å². The van der Waals surface area contributed by atoms with Crippen molar-refractivity contribution in [1.82, 2.24) is 15.2 Å². The van der Waals surface area contributed by atoms with Crippen LogP contribution >= 0.6 is 0 Å². The first-order valence-corrected chi connectivity index (χ1v) is 8.83. The molecule has 3 rings (SSSR count). The van der Waals surface area contributed by atoms with Crippen LogP contribution in [0.5, 0.6) is 0 Å². The van der Waals surface area contributed by atoms with Crippen LogP contribution in [-0.2, 0) is 0 Å². The molecule has 1 heterocycles. The van der Waals surface area contributed by atoms with E-state index in [-0.39, 0.29) is 0 Å². The molecule has 0 spiro atoms. The number of benzene rings is 2. The van der Waals surface area contributed by atoms with Gasteiger partial charge in [-0.3, -0.25) is 0 Å². The van der Waals surface area contributed by atoms with Crippen molar-refractivity contribution in [1.29, 1.82) is 0 Å². The van der Waals surface area contributed by atoms with Crippen molar-refractivity contribution in [3.8, 4) is 0 Å². The van der Waals surface area contributed by atoms with E-state index in [0.717, 1.165) is 24.5 Å². The van der Waals surface area contributed by atoms with E-state index in [4.69, 9.17) is 0 Å². The van der Waals surface area contributed by atoms with Crippen LogP contribution < -0.4 is 15.5 Å². The Labute approximate surface area is 154 Å². The van der Waals surface area contributed by atoms with Gasteiger partial charge < -0.3 is 15.5 Å². The van der Waals surface area contributed by atoms with Gasteiger partial charge in [-0.2, -0.15) is 10.1 Å². The molecule has 0 aliphatic rings. The highest BCUT2D eigenvalue weighted by Gasteiger charge is 2.04. The van der Waals surface area contributed by atoms with Crippen LogP contribution in [-0.4, -0.2) is 28.3 Å². The van der Waals surface area contributed by atoms with Crippen molar-refractivity contribution in [3.63, 3.8) is 0 Å². The fraction of sp³-hybridized carbons (Fsp3) is 0.250. The first-order valence-electron chi connectivity index (χ1n) is 8.83. The lowest BCUT2D eigenvalue weighted by molar-refractivity contribution is 0.866. The van der Waals surface area contributed by atoms with Gasteiger partial charge >= 0.3 is 0 Å². The third kappa shape index (κ3) is 4.47. The van der Waals surface area contributed by atoms with E-state index in [2.05, 4.69) is 63.6 Å². The number of nitrogens with one attached hydrogen (secondary N) is 2. The van der Waals surface area contributed by atoms with Crippen LogP contribution in [0.1, 0.15) is 19.4 Å². The van der Waals surface area contributed by atoms with Crippen molar-refractivity contribution in [2.45, 2.75) is 20.8 Å². The fourth-order valence-corrected chi connectivity index (χ4v) is 2.67. The van der Waals surface area contributed by atoms with Gasteiger partial charge in [0, 0.05) is 30.2 Å². The molecule has 26 heavy (non-hydrogen) atoms. The van der Waals surface area contributed by atoms with E-state index >= 15 is 0 Å². The minimum Gasteiger partial charge on any atom is -0.372 e. The second kappa shape index (κ2) is 8.29. The minimum atomic E-state index is 0.456. The summed E-state index contributed by atoms with van der Waals surface area (Å²) in [5.41, 5.74) is 4.31. The van der Waals surface area contributed by atoms with Crippen molar-refractivity contribution in [2.24, 2.45) is 0 Å². The maximum Gasteiger partial charge on any atom is 0.249 e. The lowest BCUT2D eigenvalue weighted by Gasteiger charge is -2.21. The Kier molecular flexibility index (Phi) is 5.63. The first kappa shape index (κ1) is 17.7. The zero-order chi connectivity index (χ0) is 18.4. The third-order valence-corrected chi connectivity index (χ3v) is 4.13. The molecule has 0 saturated heterocycles. The van der Waals surface area contributed by atoms with E-state index in [1.54, 1.807) is 6.20 Å². The molecule has 0 saturated carbocycles. The number of hydrogen-bond donors (Lipinski definition) is 2. The summed E-state index contributed by atoms with van der Waals surface area (Å²) in [4.78, 5) is 6.77. The first-order chi connectivity index (χ1) is 12.7. The molecule has 6 nitrogen and oxygen atoms in total. The van der Waals surface area contributed by atoms with Crippen LogP contribution in [0.25, 0.3) is 0 Å². The molecule has 0 atom stereocenters. The fourth-order valence-electron chi connectivity index (χ4n) is 2.67. The van der Waals surface area contributed by atoms with E-state index in [9.17, 15) is 0 Å². The predicted molar refractivity (Wildman–Crippen MR) is 108 cm³/mol. The molecule has 2 aromatic carbocycles. The van der Waals surface area contributed by atoms with Gasteiger partial charge in [0.15, 0.2) is 5.82 Å². The second-order valence-electron chi connectivity index (χ2n) is 6.00. The molecule has 2 N–H and O–H groups in total. The number of anilines is 5. The van der Waals surface area contributed by atoms with Gasteiger partial charge in [-0.25, -0.2) is 0 Å². The Morgan fingerprint density at radius 3 is 2.12 bits per heavy atom. The summed E-state index contributed by atoms with van der Waals surface area (Å²) in [5.74, 6) is 1.10. The molecule has 0 bridgehead atoms. The van der Waals surface area contributed by atoms with Gasteiger partial charge in [0.25, 0.3) is 0 Å². The van der Waals surface area contributed by atoms with Gasteiger partial charge in [-0.15, -0.1) is 5.10 Å². The summed E-state index contributed by atoms with van der Waals surface area (Å²) in [6.45, 7) is 8.35. The Bertz CT molecular complexity index is 826. The monoisotopic (exact) mass is 348 g/mol. The van der Waals surface area contributed by atoms with Gasteiger partial charge in [0.2, 0.25) is 5.95 Å². The Morgan fingerprint density at radius 2 is 1.46 bits per heavy atom. The van der Waals surface area contributed by atoms with Gasteiger partial charge in [-0.05, 0) is 57.2 Å². The van der Waals surface area contributed by atoms with Crippen molar-refractivity contribution >= 4 is 28.8 Å². The van der Waals surface area contributed by atoms with Gasteiger partial charge in [0.1, 0.15) is 0 Å². The largest absolute Gasteiger partial charge is 0.372 e. The van der Waals surface area contributed by atoms with Crippen molar-refractivity contribution in [2.75, 3.05) is 28.6 Å². The molecule has 6 heteroatoms. The number of aryl methyl sites for hydroxylation is 1. The lowest BCUT2D eigenvalue weighted by Crippen LogP contribution is -2.21. The molecular weight excluding hydrogens is 324 g/mol. The average molecular weight is 348 g/mol. The molecule has 0 fully saturated rings. The summed E-state index contributed by atoms with van der Waals surface area (Å²) in [5, 5.41) is 14.5. The van der Waals surface area contributed by atoms with Crippen LogP contribution in [0.3, 0.4) is 0 Å². The molecule has 0 aliphatic heterocycles. The van der Waals surface area contributed by atoms with E-state index in [1.165, 1.54) is 11.3 Å². The van der Waals surface area contributed by atoms with E-state index < -0.39 is 0 Å².